The fourth-order valence-electron chi connectivity index (χ4n) is 1.05. The Morgan fingerprint density at radius 3 is 1.39 bits per heavy atom. The van der Waals surface area contributed by atoms with Gasteiger partial charge < -0.3 is 10.2 Å². The van der Waals surface area contributed by atoms with Gasteiger partial charge in [-0.2, -0.15) is 0 Å². The summed E-state index contributed by atoms with van der Waals surface area (Å²) in [4.78, 5) is 21.8. The first-order valence-electron chi connectivity index (χ1n) is 5.63. The molecule has 2 atom stereocenters. The fraction of sp³-hybridized carbons (Fsp3) is 0.750. The van der Waals surface area contributed by atoms with Crippen molar-refractivity contribution in [1.29, 1.82) is 0 Å². The largest absolute Gasteiger partial charge is 0.480 e. The molecule has 136 valence electrons. The highest BCUT2D eigenvalue weighted by molar-refractivity contribution is 9.09. The maximum atomic E-state index is 11.0. The maximum absolute atomic E-state index is 11.0. The Hall–Kier alpha value is -0.190. The summed E-state index contributed by atoms with van der Waals surface area (Å²) < 4.78 is 47.9. The molecule has 0 aliphatic heterocycles. The van der Waals surface area contributed by atoms with Gasteiger partial charge in [0, 0.05) is 11.5 Å². The van der Waals surface area contributed by atoms with Gasteiger partial charge in [0.1, 0.15) is 12.1 Å². The van der Waals surface area contributed by atoms with Gasteiger partial charge in [0.05, 0.1) is 12.5 Å². The first-order chi connectivity index (χ1) is 10.3. The van der Waals surface area contributed by atoms with Crippen molar-refractivity contribution in [2.24, 2.45) is 0 Å². The molecule has 0 aromatic heterocycles. The smallest absolute Gasteiger partial charge is 0.322 e. The van der Waals surface area contributed by atoms with Crippen LogP contribution in [0.1, 0.15) is 0 Å². The van der Waals surface area contributed by atoms with Crippen molar-refractivity contribution in [1.82, 2.24) is 9.44 Å². The van der Waals surface area contributed by atoms with Crippen LogP contribution in [0.25, 0.3) is 0 Å². The molecule has 0 saturated carbocycles. The molecular weight excluding hydrogens is 412 g/mol. The van der Waals surface area contributed by atoms with Gasteiger partial charge in [-0.25, -0.2) is 26.3 Å². The van der Waals surface area contributed by atoms with Crippen molar-refractivity contribution >= 4 is 63.4 Å². The molecular formula is C8H16N2O8S5. The van der Waals surface area contributed by atoms with E-state index in [4.69, 9.17) is 10.2 Å². The van der Waals surface area contributed by atoms with Crippen LogP contribution in [0.2, 0.25) is 0 Å². The van der Waals surface area contributed by atoms with E-state index in [1.165, 1.54) is 0 Å². The summed E-state index contributed by atoms with van der Waals surface area (Å²) in [7, 11) is -4.30. The van der Waals surface area contributed by atoms with E-state index >= 15 is 0 Å². The average molecular weight is 429 g/mol. The van der Waals surface area contributed by atoms with Gasteiger partial charge in [-0.1, -0.05) is 21.6 Å². The molecule has 0 aromatic rings. The molecule has 0 radical (unpaired) electrons. The third-order valence-corrected chi connectivity index (χ3v) is 7.56. The number of carboxylic acid groups (broad SMARTS) is 2. The van der Waals surface area contributed by atoms with Crippen molar-refractivity contribution in [3.05, 3.63) is 0 Å². The van der Waals surface area contributed by atoms with Crippen molar-refractivity contribution < 1.29 is 36.6 Å². The number of nitrogens with one attached hydrogen (secondary N) is 2. The van der Waals surface area contributed by atoms with Gasteiger partial charge in [0.2, 0.25) is 20.0 Å². The number of aliphatic carboxylic acids is 2. The zero-order valence-electron chi connectivity index (χ0n) is 12.0. The zero-order valence-corrected chi connectivity index (χ0v) is 16.0. The van der Waals surface area contributed by atoms with Crippen LogP contribution in [0.15, 0.2) is 0 Å². The Balaban J connectivity index is 4.28. The Morgan fingerprint density at radius 2 is 1.17 bits per heavy atom. The quantitative estimate of drug-likeness (QED) is 0.223. The van der Waals surface area contributed by atoms with Crippen LogP contribution >= 0.6 is 31.4 Å². The van der Waals surface area contributed by atoms with Gasteiger partial charge in [-0.3, -0.25) is 9.59 Å². The number of sulfonamides is 2. The Labute approximate surface area is 145 Å². The van der Waals surface area contributed by atoms with Crippen LogP contribution in [-0.4, -0.2) is 75.1 Å². The third-order valence-electron chi connectivity index (χ3n) is 1.87. The standard InChI is InChI=1S/C8H16N2O8S5/c1-22(15,16)9-5(7(11)12)3-19-21-20-4-6(8(13)14)10-23(2,17)18/h5-6,9-10H,3-4H2,1-2H3,(H,11,12)(H,13,14)/t5-,6-/m0/s1. The maximum Gasteiger partial charge on any atom is 0.322 e. The lowest BCUT2D eigenvalue weighted by atomic mass is 10.4. The van der Waals surface area contributed by atoms with Gasteiger partial charge in [0.15, 0.2) is 0 Å². The van der Waals surface area contributed by atoms with E-state index in [0.29, 0.717) is 0 Å². The molecule has 10 nitrogen and oxygen atoms in total. The highest BCUT2D eigenvalue weighted by atomic mass is 33.5. The normalized spacial score (nSPS) is 15.0. The molecule has 0 rings (SSSR count). The zero-order chi connectivity index (χ0) is 18.3. The van der Waals surface area contributed by atoms with Crippen molar-refractivity contribution in [3.8, 4) is 0 Å². The van der Waals surface area contributed by atoms with Crippen LogP contribution in [0.5, 0.6) is 0 Å². The average Bonchev–Trinajstić information content (AvgIpc) is 2.32. The van der Waals surface area contributed by atoms with Crippen LogP contribution < -0.4 is 9.44 Å². The summed E-state index contributed by atoms with van der Waals surface area (Å²) in [5.74, 6) is -2.85. The summed E-state index contributed by atoms with van der Waals surface area (Å²) >= 11 is 0. The molecule has 0 aliphatic rings. The lowest BCUT2D eigenvalue weighted by molar-refractivity contribution is -0.139. The van der Waals surface area contributed by atoms with Gasteiger partial charge in [-0.15, -0.1) is 0 Å². The third kappa shape index (κ3) is 12.8. The van der Waals surface area contributed by atoms with E-state index in [-0.39, 0.29) is 11.5 Å². The topological polar surface area (TPSA) is 167 Å². The van der Waals surface area contributed by atoms with Gasteiger partial charge in [-0.05, 0) is 9.83 Å². The summed E-state index contributed by atoms with van der Waals surface area (Å²) in [6.07, 6.45) is 1.67. The molecule has 15 heteroatoms. The highest BCUT2D eigenvalue weighted by Crippen LogP contribution is 2.35. The molecule has 0 unspecified atom stereocenters. The van der Waals surface area contributed by atoms with Crippen molar-refractivity contribution in [2.45, 2.75) is 12.1 Å². The molecule has 0 spiro atoms. The van der Waals surface area contributed by atoms with E-state index in [1.54, 1.807) is 0 Å². The monoisotopic (exact) mass is 428 g/mol. The minimum Gasteiger partial charge on any atom is -0.480 e. The number of carbonyl (C=O) groups is 2. The summed E-state index contributed by atoms with van der Waals surface area (Å²) in [6, 6.07) is -2.62. The van der Waals surface area contributed by atoms with Gasteiger partial charge >= 0.3 is 11.9 Å². The SMILES string of the molecule is CS(=O)(=O)N[C@@H](CSSSC[C@H](NS(C)(=O)=O)C(=O)O)C(=O)O. The van der Waals surface area contributed by atoms with E-state index in [2.05, 4.69) is 0 Å². The van der Waals surface area contributed by atoms with Crippen LogP contribution in [0.3, 0.4) is 0 Å². The van der Waals surface area contributed by atoms with Crippen LogP contribution in [-0.2, 0) is 29.6 Å². The van der Waals surface area contributed by atoms with E-state index in [1.807, 2.05) is 9.44 Å². The summed E-state index contributed by atoms with van der Waals surface area (Å²) in [5, 5.41) is 17.7. The molecule has 23 heavy (non-hydrogen) atoms. The Kier molecular flexibility index (Phi) is 9.87. The second-order valence-corrected chi connectivity index (χ2v) is 12.1. The van der Waals surface area contributed by atoms with Crippen molar-refractivity contribution in [2.75, 3.05) is 24.0 Å². The molecule has 0 saturated heterocycles. The first-order valence-corrected chi connectivity index (χ1v) is 13.2. The van der Waals surface area contributed by atoms with Gasteiger partial charge in [0.25, 0.3) is 0 Å². The van der Waals surface area contributed by atoms with Crippen LogP contribution in [0, 0.1) is 0 Å². The Morgan fingerprint density at radius 1 is 0.870 bits per heavy atom. The Bertz CT molecular complexity index is 564. The molecule has 0 aliphatic carbocycles. The minimum atomic E-state index is -3.67. The van der Waals surface area contributed by atoms with E-state index in [9.17, 15) is 26.4 Å². The lowest BCUT2D eigenvalue weighted by Crippen LogP contribution is -2.42. The molecule has 0 aromatic carbocycles. The van der Waals surface area contributed by atoms with Crippen molar-refractivity contribution in [3.63, 3.8) is 0 Å². The summed E-state index contributed by atoms with van der Waals surface area (Å²) in [6.45, 7) is 0. The second kappa shape index (κ2) is 9.95. The molecule has 0 heterocycles. The number of rotatable bonds is 12. The number of hydrogen-bond acceptors (Lipinski definition) is 9. The predicted octanol–water partition coefficient (Wildman–Crippen LogP) is -0.979. The first kappa shape index (κ1) is 22.8. The molecule has 0 bridgehead atoms. The highest BCUT2D eigenvalue weighted by Gasteiger charge is 2.23. The molecule has 0 amide bonds. The number of carboxylic acids is 2. The second-order valence-electron chi connectivity index (χ2n) is 4.20. The molecule has 0 fully saturated rings. The predicted molar refractivity (Wildman–Crippen MR) is 91.3 cm³/mol. The summed E-state index contributed by atoms with van der Waals surface area (Å²) in [5.41, 5.74) is 0. The fourth-order valence-corrected chi connectivity index (χ4v) is 6.54. The van der Waals surface area contributed by atoms with E-state index < -0.39 is 44.1 Å². The van der Waals surface area contributed by atoms with Crippen LogP contribution in [0.4, 0.5) is 0 Å². The lowest BCUT2D eigenvalue weighted by Gasteiger charge is -2.13. The molecule has 4 N–H and O–H groups in total. The number of hydrogen-bond donors (Lipinski definition) is 4. The van der Waals surface area contributed by atoms with E-state index in [0.717, 1.165) is 43.9 Å². The minimum absolute atomic E-state index is 0.0860.